The summed E-state index contributed by atoms with van der Waals surface area (Å²) in [6, 6.07) is 31.5. The standard InChI is InChI=1S/C29H32Si/c1-2-3-10-23-15-17-25(18-16-23)21-26-19-20-29(30-27-13-8-5-9-14-27)28(26)22-24-11-6-4-7-12-24/h4-9,11-18,20H,2-3,10,19,21-22,30H2,1H3. The highest BCUT2D eigenvalue weighted by atomic mass is 28.2. The molecule has 0 bridgehead atoms. The van der Waals surface area contributed by atoms with Crippen LogP contribution in [0.4, 0.5) is 0 Å². The lowest BCUT2D eigenvalue weighted by Gasteiger charge is -2.13. The fourth-order valence-electron chi connectivity index (χ4n) is 4.38. The maximum atomic E-state index is 2.53. The van der Waals surface area contributed by atoms with Crippen molar-refractivity contribution in [2.45, 2.75) is 45.4 Å². The van der Waals surface area contributed by atoms with Crippen LogP contribution in [-0.4, -0.2) is 9.52 Å². The highest BCUT2D eigenvalue weighted by molar-refractivity contribution is 6.62. The molecule has 0 spiro atoms. The van der Waals surface area contributed by atoms with E-state index in [1.54, 1.807) is 16.3 Å². The third-order valence-electron chi connectivity index (χ3n) is 6.13. The van der Waals surface area contributed by atoms with Crippen LogP contribution in [0.1, 0.15) is 42.9 Å². The second-order valence-corrected chi connectivity index (χ2v) is 10.4. The Balaban J connectivity index is 1.55. The fourth-order valence-corrected chi connectivity index (χ4v) is 6.21. The predicted octanol–water partition coefficient (Wildman–Crippen LogP) is 5.89. The van der Waals surface area contributed by atoms with Gasteiger partial charge in [-0.1, -0.05) is 120 Å². The van der Waals surface area contributed by atoms with Crippen molar-refractivity contribution in [1.82, 2.24) is 0 Å². The van der Waals surface area contributed by atoms with Gasteiger partial charge < -0.3 is 0 Å². The average molecular weight is 409 g/mol. The quantitative estimate of drug-likeness (QED) is 0.387. The van der Waals surface area contributed by atoms with Crippen molar-refractivity contribution in [3.05, 3.63) is 124 Å². The summed E-state index contributed by atoms with van der Waals surface area (Å²) in [7, 11) is -0.432. The van der Waals surface area contributed by atoms with Gasteiger partial charge in [0.25, 0.3) is 0 Å². The summed E-state index contributed by atoms with van der Waals surface area (Å²) < 4.78 is 0. The number of aryl methyl sites for hydroxylation is 1. The molecule has 0 saturated carbocycles. The highest BCUT2D eigenvalue weighted by Crippen LogP contribution is 2.31. The van der Waals surface area contributed by atoms with Gasteiger partial charge in [-0.2, -0.15) is 0 Å². The Morgan fingerprint density at radius 3 is 2.03 bits per heavy atom. The van der Waals surface area contributed by atoms with Crippen molar-refractivity contribution >= 4 is 14.7 Å². The molecule has 1 aliphatic carbocycles. The smallest absolute Gasteiger partial charge is 0.0812 e. The molecular formula is C29H32Si. The number of benzene rings is 3. The molecule has 0 amide bonds. The normalized spacial score (nSPS) is 14.0. The maximum Gasteiger partial charge on any atom is 0.0874 e. The van der Waals surface area contributed by atoms with E-state index in [1.165, 1.54) is 41.1 Å². The van der Waals surface area contributed by atoms with Crippen LogP contribution in [-0.2, 0) is 19.3 Å². The van der Waals surface area contributed by atoms with Gasteiger partial charge in [0.15, 0.2) is 0 Å². The van der Waals surface area contributed by atoms with Gasteiger partial charge in [0, 0.05) is 0 Å². The van der Waals surface area contributed by atoms with Crippen LogP contribution in [0.25, 0.3) is 0 Å². The molecule has 1 heteroatoms. The van der Waals surface area contributed by atoms with Crippen LogP contribution in [0.3, 0.4) is 0 Å². The zero-order valence-corrected chi connectivity index (χ0v) is 19.5. The van der Waals surface area contributed by atoms with Crippen molar-refractivity contribution in [3.63, 3.8) is 0 Å². The van der Waals surface area contributed by atoms with E-state index in [0.29, 0.717) is 0 Å². The molecule has 0 radical (unpaired) electrons. The number of rotatable bonds is 9. The molecule has 0 saturated heterocycles. The van der Waals surface area contributed by atoms with Crippen molar-refractivity contribution < 1.29 is 0 Å². The number of unbranched alkanes of at least 4 members (excludes halogenated alkanes) is 1. The molecule has 0 atom stereocenters. The van der Waals surface area contributed by atoms with Crippen LogP contribution in [0, 0.1) is 0 Å². The van der Waals surface area contributed by atoms with Gasteiger partial charge >= 0.3 is 0 Å². The maximum absolute atomic E-state index is 2.53. The van der Waals surface area contributed by atoms with Crippen molar-refractivity contribution in [3.8, 4) is 0 Å². The molecule has 0 N–H and O–H groups in total. The van der Waals surface area contributed by atoms with Crippen LogP contribution in [0.15, 0.2) is 107 Å². The van der Waals surface area contributed by atoms with E-state index in [9.17, 15) is 0 Å². The molecule has 0 fully saturated rings. The lowest BCUT2D eigenvalue weighted by Crippen LogP contribution is -2.17. The molecular weight excluding hydrogens is 376 g/mol. The molecule has 0 heterocycles. The minimum atomic E-state index is -0.432. The minimum absolute atomic E-state index is 0.432. The first-order valence-electron chi connectivity index (χ1n) is 11.4. The molecule has 4 rings (SSSR count). The molecule has 3 aromatic rings. The van der Waals surface area contributed by atoms with Crippen LogP contribution < -0.4 is 5.19 Å². The Hall–Kier alpha value is -2.64. The molecule has 0 aliphatic heterocycles. The Kier molecular flexibility index (Phi) is 7.15. The van der Waals surface area contributed by atoms with Gasteiger partial charge in [-0.25, -0.2) is 0 Å². The van der Waals surface area contributed by atoms with Crippen molar-refractivity contribution in [2.75, 3.05) is 0 Å². The molecule has 30 heavy (non-hydrogen) atoms. The first-order valence-corrected chi connectivity index (χ1v) is 12.8. The Morgan fingerprint density at radius 2 is 1.33 bits per heavy atom. The third-order valence-corrected chi connectivity index (χ3v) is 8.11. The van der Waals surface area contributed by atoms with Crippen molar-refractivity contribution in [2.24, 2.45) is 0 Å². The summed E-state index contributed by atoms with van der Waals surface area (Å²) in [6.45, 7) is 2.26. The van der Waals surface area contributed by atoms with Crippen LogP contribution >= 0.6 is 0 Å². The number of hydrogen-bond acceptors (Lipinski definition) is 0. The van der Waals surface area contributed by atoms with Gasteiger partial charge in [0.1, 0.15) is 0 Å². The third kappa shape index (κ3) is 5.49. The second kappa shape index (κ2) is 10.4. The summed E-state index contributed by atoms with van der Waals surface area (Å²) in [5, 5.41) is 3.19. The second-order valence-electron chi connectivity index (χ2n) is 8.44. The largest absolute Gasteiger partial charge is 0.0874 e. The number of hydrogen-bond donors (Lipinski definition) is 0. The van der Waals surface area contributed by atoms with E-state index in [1.807, 2.05) is 0 Å². The SMILES string of the molecule is CCCCc1ccc(CC2=C(Cc3ccccc3)C([SiH2]c3ccccc3)=CC2)cc1. The highest BCUT2D eigenvalue weighted by Gasteiger charge is 2.19. The van der Waals surface area contributed by atoms with Gasteiger partial charge in [-0.3, -0.25) is 0 Å². The summed E-state index contributed by atoms with van der Waals surface area (Å²) in [4.78, 5) is 0. The molecule has 0 aromatic heterocycles. The summed E-state index contributed by atoms with van der Waals surface area (Å²) >= 11 is 0. The summed E-state index contributed by atoms with van der Waals surface area (Å²) in [6.07, 6.45) is 9.54. The average Bonchev–Trinajstić information content (AvgIpc) is 3.15. The number of allylic oxidation sites excluding steroid dienone is 4. The summed E-state index contributed by atoms with van der Waals surface area (Å²) in [5.41, 5.74) is 7.59. The van der Waals surface area contributed by atoms with E-state index >= 15 is 0 Å². The van der Waals surface area contributed by atoms with Gasteiger partial charge in [-0.05, 0) is 54.4 Å². The molecule has 1 aliphatic rings. The Bertz CT molecular complexity index is 995. The van der Waals surface area contributed by atoms with Crippen molar-refractivity contribution in [1.29, 1.82) is 0 Å². The first kappa shape index (κ1) is 20.6. The topological polar surface area (TPSA) is 0 Å². The minimum Gasteiger partial charge on any atom is -0.0812 e. The zero-order valence-electron chi connectivity index (χ0n) is 18.1. The van der Waals surface area contributed by atoms with E-state index in [-0.39, 0.29) is 0 Å². The van der Waals surface area contributed by atoms with Crippen LogP contribution in [0.2, 0.25) is 0 Å². The molecule has 0 nitrogen and oxygen atoms in total. The van der Waals surface area contributed by atoms with Gasteiger partial charge in [-0.15, -0.1) is 0 Å². The molecule has 0 unspecified atom stereocenters. The van der Waals surface area contributed by atoms with Crippen LogP contribution in [0.5, 0.6) is 0 Å². The summed E-state index contributed by atoms with van der Waals surface area (Å²) in [5.74, 6) is 0. The lowest BCUT2D eigenvalue weighted by molar-refractivity contribution is 0.794. The van der Waals surface area contributed by atoms with E-state index < -0.39 is 9.52 Å². The van der Waals surface area contributed by atoms with E-state index in [2.05, 4.69) is 97.9 Å². The molecule has 152 valence electrons. The van der Waals surface area contributed by atoms with Gasteiger partial charge in [0.05, 0.1) is 9.52 Å². The van der Waals surface area contributed by atoms with Gasteiger partial charge in [0.2, 0.25) is 0 Å². The Labute approximate surface area is 184 Å². The predicted molar refractivity (Wildman–Crippen MR) is 133 cm³/mol. The zero-order chi connectivity index (χ0) is 20.6. The molecule has 3 aromatic carbocycles. The Morgan fingerprint density at radius 1 is 0.700 bits per heavy atom. The first-order chi connectivity index (χ1) is 14.8. The van der Waals surface area contributed by atoms with E-state index in [4.69, 9.17) is 0 Å². The van der Waals surface area contributed by atoms with E-state index in [0.717, 1.165) is 19.3 Å². The monoisotopic (exact) mass is 408 g/mol. The fraction of sp³-hybridized carbons (Fsp3) is 0.241. The lowest BCUT2D eigenvalue weighted by atomic mass is 9.96.